The number of rotatable bonds is 4. The maximum absolute atomic E-state index is 13.4. The Morgan fingerprint density at radius 2 is 1.89 bits per heavy atom. The molecule has 2 aromatic carbocycles. The molecule has 2 aliphatic rings. The lowest BCUT2D eigenvalue weighted by Crippen LogP contribution is -2.63. The van der Waals surface area contributed by atoms with Crippen LogP contribution in [0.3, 0.4) is 0 Å². The monoisotopic (exact) mass is 493 g/mol. The standard InChI is InChI=1S/C24H23N5O5S/c1-13-3-6-19(14(2)7-13)35(33,34)22-20-25-21(30)17-5-4-16(8-18(17)29(20)27-26-22)28-11-24(12-28)9-15(10-24)23(31)32/h3-8,15H,9-12H2,1-2H3,(H,25,30)(H,31,32). The molecule has 1 saturated heterocycles. The molecule has 0 atom stereocenters. The molecule has 10 nitrogen and oxygen atoms in total. The molecule has 180 valence electrons. The number of H-pyrrole nitrogens is 1. The number of aliphatic carboxylic acids is 1. The predicted molar refractivity (Wildman–Crippen MR) is 127 cm³/mol. The molecule has 2 fully saturated rings. The van der Waals surface area contributed by atoms with Gasteiger partial charge in [-0.25, -0.2) is 8.42 Å². The number of aromatic amines is 1. The van der Waals surface area contributed by atoms with Gasteiger partial charge >= 0.3 is 5.97 Å². The molecule has 6 rings (SSSR count). The van der Waals surface area contributed by atoms with E-state index >= 15 is 0 Å². The first kappa shape index (κ1) is 21.8. The lowest BCUT2D eigenvalue weighted by atomic mass is 9.57. The third-order valence-corrected chi connectivity index (χ3v) is 9.15. The number of carbonyl (C=O) groups is 1. The van der Waals surface area contributed by atoms with Gasteiger partial charge in [-0.05, 0) is 56.5 Å². The topological polar surface area (TPSA) is 138 Å². The van der Waals surface area contributed by atoms with E-state index in [2.05, 4.69) is 20.2 Å². The minimum atomic E-state index is -4.02. The van der Waals surface area contributed by atoms with Crippen LogP contribution in [-0.2, 0) is 14.6 Å². The number of aromatic nitrogens is 4. The van der Waals surface area contributed by atoms with Crippen LogP contribution in [0.25, 0.3) is 16.6 Å². The van der Waals surface area contributed by atoms with Crippen LogP contribution < -0.4 is 10.5 Å². The number of sulfone groups is 1. The summed E-state index contributed by atoms with van der Waals surface area (Å²) in [6.07, 6.45) is 1.36. The molecule has 1 spiro atoms. The van der Waals surface area contributed by atoms with E-state index in [0.717, 1.165) is 24.3 Å². The Morgan fingerprint density at radius 3 is 2.57 bits per heavy atom. The summed E-state index contributed by atoms with van der Waals surface area (Å²) in [5.74, 6) is -1.00. The second kappa shape index (κ2) is 7.14. The molecule has 0 bridgehead atoms. The van der Waals surface area contributed by atoms with Crippen molar-refractivity contribution in [3.63, 3.8) is 0 Å². The maximum atomic E-state index is 13.4. The molecule has 0 radical (unpaired) electrons. The van der Waals surface area contributed by atoms with Crippen LogP contribution in [0.4, 0.5) is 5.69 Å². The van der Waals surface area contributed by atoms with Gasteiger partial charge in [0.25, 0.3) is 5.56 Å². The van der Waals surface area contributed by atoms with Crippen LogP contribution in [0.5, 0.6) is 0 Å². The van der Waals surface area contributed by atoms with E-state index in [9.17, 15) is 18.0 Å². The maximum Gasteiger partial charge on any atom is 0.306 e. The molecule has 4 aromatic rings. The Morgan fingerprint density at radius 1 is 1.14 bits per heavy atom. The van der Waals surface area contributed by atoms with Gasteiger partial charge in [-0.15, -0.1) is 5.10 Å². The van der Waals surface area contributed by atoms with Crippen LogP contribution in [0.1, 0.15) is 24.0 Å². The Bertz CT molecular complexity index is 1710. The number of aryl methyl sites for hydroxylation is 2. The average Bonchev–Trinajstić information content (AvgIpc) is 3.16. The first-order valence-corrected chi connectivity index (χ1v) is 12.8. The zero-order chi connectivity index (χ0) is 24.7. The number of nitrogens with zero attached hydrogens (tertiary/aromatic N) is 4. The Balaban J connectivity index is 1.40. The highest BCUT2D eigenvalue weighted by molar-refractivity contribution is 7.91. The number of hydrogen-bond donors (Lipinski definition) is 2. The van der Waals surface area contributed by atoms with Crippen molar-refractivity contribution >= 4 is 38.0 Å². The third-order valence-electron chi connectivity index (χ3n) is 7.33. The van der Waals surface area contributed by atoms with Crippen molar-refractivity contribution in [3.8, 4) is 0 Å². The van der Waals surface area contributed by atoms with Crippen molar-refractivity contribution in [2.75, 3.05) is 18.0 Å². The van der Waals surface area contributed by atoms with Crippen molar-refractivity contribution in [2.24, 2.45) is 11.3 Å². The smallest absolute Gasteiger partial charge is 0.306 e. The summed E-state index contributed by atoms with van der Waals surface area (Å²) in [5.41, 5.74) is 2.47. The number of carboxylic acid groups (broad SMARTS) is 1. The van der Waals surface area contributed by atoms with Gasteiger partial charge < -0.3 is 15.0 Å². The van der Waals surface area contributed by atoms with Gasteiger partial charge in [0.1, 0.15) is 0 Å². The summed E-state index contributed by atoms with van der Waals surface area (Å²) in [6.45, 7) is 5.10. The fourth-order valence-corrected chi connectivity index (χ4v) is 7.03. The van der Waals surface area contributed by atoms with E-state index in [4.69, 9.17) is 5.11 Å². The Labute approximate surface area is 200 Å². The fourth-order valence-electron chi connectivity index (χ4n) is 5.55. The van der Waals surface area contributed by atoms with Gasteiger partial charge in [-0.1, -0.05) is 22.9 Å². The van der Waals surface area contributed by atoms with Gasteiger partial charge in [0, 0.05) is 24.2 Å². The van der Waals surface area contributed by atoms with Crippen LogP contribution in [-0.4, -0.2) is 52.4 Å². The fraction of sp³-hybridized carbons (Fsp3) is 0.333. The number of anilines is 1. The molecule has 35 heavy (non-hydrogen) atoms. The number of carboxylic acids is 1. The summed E-state index contributed by atoms with van der Waals surface area (Å²) in [5, 5.41) is 17.3. The second-order valence-electron chi connectivity index (χ2n) is 9.88. The van der Waals surface area contributed by atoms with Gasteiger partial charge in [0.05, 0.1) is 21.7 Å². The van der Waals surface area contributed by atoms with Gasteiger partial charge in [0.15, 0.2) is 5.65 Å². The average molecular weight is 494 g/mol. The zero-order valence-corrected chi connectivity index (χ0v) is 20.0. The van der Waals surface area contributed by atoms with Crippen molar-refractivity contribution in [3.05, 3.63) is 57.9 Å². The van der Waals surface area contributed by atoms with E-state index in [0.29, 0.717) is 29.3 Å². The molecular weight excluding hydrogens is 470 g/mol. The lowest BCUT2D eigenvalue weighted by molar-refractivity contribution is -0.151. The number of hydrogen-bond acceptors (Lipinski definition) is 7. The molecule has 0 unspecified atom stereocenters. The number of nitrogens with one attached hydrogen (secondary N) is 1. The molecule has 3 heterocycles. The molecule has 2 aromatic heterocycles. The summed E-state index contributed by atoms with van der Waals surface area (Å²) in [6, 6.07) is 10.4. The molecular formula is C24H23N5O5S. The minimum Gasteiger partial charge on any atom is -0.481 e. The van der Waals surface area contributed by atoms with Crippen LogP contribution in [0, 0.1) is 25.2 Å². The highest BCUT2D eigenvalue weighted by atomic mass is 32.2. The van der Waals surface area contributed by atoms with Gasteiger partial charge in [-0.2, -0.15) is 4.52 Å². The zero-order valence-electron chi connectivity index (χ0n) is 19.1. The van der Waals surface area contributed by atoms with Crippen LogP contribution in [0.15, 0.2) is 51.1 Å². The highest BCUT2D eigenvalue weighted by Gasteiger charge is 2.54. The third kappa shape index (κ3) is 3.18. The van der Waals surface area contributed by atoms with Gasteiger partial charge in [-0.3, -0.25) is 9.59 Å². The Hall–Kier alpha value is -3.73. The molecule has 11 heteroatoms. The normalized spacial score (nSPS) is 17.6. The van der Waals surface area contributed by atoms with Gasteiger partial charge in [0.2, 0.25) is 14.9 Å². The van der Waals surface area contributed by atoms with Crippen molar-refractivity contribution < 1.29 is 18.3 Å². The quantitative estimate of drug-likeness (QED) is 0.442. The van der Waals surface area contributed by atoms with E-state index in [1.54, 1.807) is 31.2 Å². The van der Waals surface area contributed by atoms with E-state index in [1.165, 1.54) is 10.6 Å². The molecule has 1 aliphatic heterocycles. The second-order valence-corrected chi connectivity index (χ2v) is 11.7. The van der Waals surface area contributed by atoms with Crippen molar-refractivity contribution in [1.82, 2.24) is 19.8 Å². The van der Waals surface area contributed by atoms with E-state index in [-0.39, 0.29) is 26.9 Å². The van der Waals surface area contributed by atoms with Crippen molar-refractivity contribution in [1.29, 1.82) is 0 Å². The number of fused-ring (bicyclic) bond motifs is 3. The molecule has 0 amide bonds. The SMILES string of the molecule is Cc1ccc(S(=O)(=O)c2nnn3c2[nH]c(=O)c2ccc(N4CC5(CC(C(=O)O)C5)C4)cc23)c(C)c1. The predicted octanol–water partition coefficient (Wildman–Crippen LogP) is 2.32. The minimum absolute atomic E-state index is 0.0167. The summed E-state index contributed by atoms with van der Waals surface area (Å²) in [4.78, 5) is 28.9. The van der Waals surface area contributed by atoms with Crippen LogP contribution >= 0.6 is 0 Å². The van der Waals surface area contributed by atoms with Crippen LogP contribution in [0.2, 0.25) is 0 Å². The highest BCUT2D eigenvalue weighted by Crippen LogP contribution is 2.53. The van der Waals surface area contributed by atoms with E-state index < -0.39 is 21.4 Å². The summed E-state index contributed by atoms with van der Waals surface area (Å²) in [7, 11) is -4.02. The first-order valence-electron chi connectivity index (χ1n) is 11.3. The lowest BCUT2D eigenvalue weighted by Gasteiger charge is -2.59. The summed E-state index contributed by atoms with van der Waals surface area (Å²) < 4.78 is 28.2. The molecule has 1 aliphatic carbocycles. The number of benzene rings is 2. The van der Waals surface area contributed by atoms with Crippen molar-refractivity contribution in [2.45, 2.75) is 36.6 Å². The largest absolute Gasteiger partial charge is 0.481 e. The Kier molecular flexibility index (Phi) is 4.44. The first-order chi connectivity index (χ1) is 16.6. The molecule has 1 saturated carbocycles. The van der Waals surface area contributed by atoms with E-state index in [1.807, 2.05) is 13.0 Å². The summed E-state index contributed by atoms with van der Waals surface area (Å²) >= 11 is 0. The molecule has 2 N–H and O–H groups in total.